The highest BCUT2D eigenvalue weighted by atomic mass is 32.2. The van der Waals surface area contributed by atoms with Crippen LogP contribution in [-0.4, -0.2) is 70.1 Å². The lowest BCUT2D eigenvalue weighted by Crippen LogP contribution is -2.39. The second-order valence-corrected chi connectivity index (χ2v) is 13.5. The topological polar surface area (TPSA) is 83.0 Å². The van der Waals surface area contributed by atoms with Gasteiger partial charge in [-0.3, -0.25) is 18.9 Å². The molecule has 4 aromatic rings. The van der Waals surface area contributed by atoms with Crippen molar-refractivity contribution in [3.63, 3.8) is 0 Å². The molecule has 0 bridgehead atoms. The van der Waals surface area contributed by atoms with Gasteiger partial charge < -0.3 is 4.74 Å². The molecular formula is C31H34N4O4S2. The number of fused-ring (bicyclic) bond motifs is 2. The van der Waals surface area contributed by atoms with Crippen molar-refractivity contribution in [3.8, 4) is 0 Å². The normalized spacial score (nSPS) is 15.8. The number of para-hydroxylation sites is 1. The van der Waals surface area contributed by atoms with Gasteiger partial charge in [-0.25, -0.2) is 13.4 Å². The van der Waals surface area contributed by atoms with Crippen molar-refractivity contribution in [3.05, 3.63) is 82.9 Å². The van der Waals surface area contributed by atoms with Crippen molar-refractivity contribution >= 4 is 48.3 Å². The second-order valence-electron chi connectivity index (χ2n) is 10.7. The number of carbonyl (C=O) groups excluding carboxylic acids is 1. The number of rotatable bonds is 8. The lowest BCUT2D eigenvalue weighted by atomic mass is 10.1. The van der Waals surface area contributed by atoms with Crippen LogP contribution in [0, 0.1) is 13.8 Å². The molecule has 10 heteroatoms. The minimum atomic E-state index is -3.74. The van der Waals surface area contributed by atoms with Crippen molar-refractivity contribution in [2.24, 2.45) is 0 Å². The van der Waals surface area contributed by atoms with Crippen molar-refractivity contribution < 1.29 is 17.9 Å². The number of hydrogen-bond donors (Lipinski definition) is 0. The number of thiazole rings is 1. The third-order valence-electron chi connectivity index (χ3n) is 7.79. The third kappa shape index (κ3) is 5.61. The number of morpholine rings is 1. The third-order valence-corrected chi connectivity index (χ3v) is 10.6. The number of anilines is 2. The summed E-state index contributed by atoms with van der Waals surface area (Å²) in [5.41, 5.74) is 5.34. The molecule has 6 rings (SSSR count). The lowest BCUT2D eigenvalue weighted by Gasteiger charge is -2.27. The van der Waals surface area contributed by atoms with Gasteiger partial charge in [-0.2, -0.15) is 0 Å². The Morgan fingerprint density at radius 1 is 1.02 bits per heavy atom. The quantitative estimate of drug-likeness (QED) is 0.286. The van der Waals surface area contributed by atoms with Crippen LogP contribution in [0.15, 0.2) is 65.6 Å². The predicted octanol–water partition coefficient (Wildman–Crippen LogP) is 5.03. The van der Waals surface area contributed by atoms with Crippen LogP contribution in [-0.2, 0) is 21.2 Å². The van der Waals surface area contributed by atoms with E-state index in [4.69, 9.17) is 9.72 Å². The van der Waals surface area contributed by atoms with Crippen LogP contribution < -0.4 is 9.21 Å². The van der Waals surface area contributed by atoms with Gasteiger partial charge in [0.05, 0.1) is 34.0 Å². The van der Waals surface area contributed by atoms with E-state index in [-0.39, 0.29) is 10.8 Å². The van der Waals surface area contributed by atoms with E-state index in [1.54, 1.807) is 29.2 Å². The minimum absolute atomic E-state index is 0.177. The standard InChI is InChI=1S/C31H34N4O4S2/c1-22-20-23(2)29-28(21-22)40-31(32-29)34(14-5-13-33-16-18-39-19-17-33)30(36)25-8-10-26(11-9-25)41(37,38)35-15-12-24-6-3-4-7-27(24)35/h3-4,6-11,20-21H,5,12-19H2,1-2H3. The first-order chi connectivity index (χ1) is 19.8. The Kier molecular flexibility index (Phi) is 7.82. The largest absolute Gasteiger partial charge is 0.379 e. The summed E-state index contributed by atoms with van der Waals surface area (Å²) in [6.45, 7) is 9.15. The maximum atomic E-state index is 13.9. The van der Waals surface area contributed by atoms with Crippen molar-refractivity contribution in [1.82, 2.24) is 9.88 Å². The van der Waals surface area contributed by atoms with E-state index < -0.39 is 10.0 Å². The van der Waals surface area contributed by atoms with E-state index in [2.05, 4.69) is 24.0 Å². The number of benzene rings is 3. The number of ether oxygens (including phenoxy) is 1. The Labute approximate surface area is 245 Å². The summed E-state index contributed by atoms with van der Waals surface area (Å²) in [7, 11) is -3.74. The summed E-state index contributed by atoms with van der Waals surface area (Å²) >= 11 is 1.52. The van der Waals surface area contributed by atoms with Gasteiger partial charge in [0.15, 0.2) is 5.13 Å². The molecule has 2 aliphatic heterocycles. The molecular weight excluding hydrogens is 556 g/mol. The molecule has 3 aromatic carbocycles. The molecule has 0 spiro atoms. The maximum absolute atomic E-state index is 13.9. The van der Waals surface area contributed by atoms with Crippen LogP contribution in [0.3, 0.4) is 0 Å². The fourth-order valence-electron chi connectivity index (χ4n) is 5.65. The molecule has 2 aliphatic rings. The Morgan fingerprint density at radius 2 is 1.78 bits per heavy atom. The maximum Gasteiger partial charge on any atom is 0.264 e. The molecule has 214 valence electrons. The van der Waals surface area contributed by atoms with Gasteiger partial charge in [0.25, 0.3) is 15.9 Å². The minimum Gasteiger partial charge on any atom is -0.379 e. The average Bonchev–Trinajstić information content (AvgIpc) is 3.61. The molecule has 1 aromatic heterocycles. The number of nitrogens with zero attached hydrogens (tertiary/aromatic N) is 4. The molecule has 0 aliphatic carbocycles. The molecule has 0 saturated carbocycles. The summed E-state index contributed by atoms with van der Waals surface area (Å²) in [5.74, 6) is -0.184. The number of aromatic nitrogens is 1. The number of amides is 1. The van der Waals surface area contributed by atoms with Crippen molar-refractivity contribution in [2.45, 2.75) is 31.6 Å². The number of hydrogen-bond acceptors (Lipinski definition) is 7. The second kappa shape index (κ2) is 11.5. The van der Waals surface area contributed by atoms with Gasteiger partial charge in [0.1, 0.15) is 0 Å². The molecule has 1 fully saturated rings. The summed E-state index contributed by atoms with van der Waals surface area (Å²) in [6.07, 6.45) is 1.48. The molecule has 41 heavy (non-hydrogen) atoms. The molecule has 0 N–H and O–H groups in total. The van der Waals surface area contributed by atoms with E-state index in [0.717, 1.165) is 71.9 Å². The summed E-state index contributed by atoms with van der Waals surface area (Å²) in [4.78, 5) is 23.1. The van der Waals surface area contributed by atoms with Crippen molar-refractivity contribution in [1.29, 1.82) is 0 Å². The molecule has 0 atom stereocenters. The number of carbonyl (C=O) groups is 1. The van der Waals surface area contributed by atoms with Crippen LogP contribution in [0.5, 0.6) is 0 Å². The van der Waals surface area contributed by atoms with E-state index in [9.17, 15) is 13.2 Å². The Hall–Kier alpha value is -3.31. The van der Waals surface area contributed by atoms with Crippen LogP contribution >= 0.6 is 11.3 Å². The van der Waals surface area contributed by atoms with Crippen molar-refractivity contribution in [2.75, 3.05) is 55.1 Å². The first-order valence-electron chi connectivity index (χ1n) is 14.0. The molecule has 1 saturated heterocycles. The zero-order valence-electron chi connectivity index (χ0n) is 23.4. The zero-order valence-corrected chi connectivity index (χ0v) is 25.0. The van der Waals surface area contributed by atoms with Gasteiger partial charge in [-0.05, 0) is 79.8 Å². The van der Waals surface area contributed by atoms with Crippen LogP contribution in [0.2, 0.25) is 0 Å². The Balaban J connectivity index is 1.26. The van der Waals surface area contributed by atoms with Crippen LogP contribution in [0.4, 0.5) is 10.8 Å². The van der Waals surface area contributed by atoms with Gasteiger partial charge >= 0.3 is 0 Å². The van der Waals surface area contributed by atoms with Gasteiger partial charge in [0, 0.05) is 38.3 Å². The predicted molar refractivity (Wildman–Crippen MR) is 164 cm³/mol. The van der Waals surface area contributed by atoms with E-state index in [1.807, 2.05) is 31.2 Å². The highest BCUT2D eigenvalue weighted by Gasteiger charge is 2.31. The van der Waals surface area contributed by atoms with E-state index >= 15 is 0 Å². The highest BCUT2D eigenvalue weighted by molar-refractivity contribution is 7.92. The monoisotopic (exact) mass is 590 g/mol. The Bertz CT molecular complexity index is 1680. The molecule has 0 radical (unpaired) electrons. The summed E-state index contributed by atoms with van der Waals surface area (Å²) < 4.78 is 35.0. The fourth-order valence-corrected chi connectivity index (χ4v) is 8.32. The molecule has 0 unspecified atom stereocenters. The summed E-state index contributed by atoms with van der Waals surface area (Å²) in [6, 6.07) is 18.1. The first-order valence-corrected chi connectivity index (χ1v) is 16.3. The summed E-state index contributed by atoms with van der Waals surface area (Å²) in [5, 5.41) is 0.658. The number of sulfonamides is 1. The highest BCUT2D eigenvalue weighted by Crippen LogP contribution is 2.34. The lowest BCUT2D eigenvalue weighted by molar-refractivity contribution is 0.0376. The zero-order chi connectivity index (χ0) is 28.6. The smallest absolute Gasteiger partial charge is 0.264 e. The molecule has 8 nitrogen and oxygen atoms in total. The Morgan fingerprint density at radius 3 is 2.56 bits per heavy atom. The average molecular weight is 591 g/mol. The molecule has 1 amide bonds. The van der Waals surface area contributed by atoms with E-state index in [0.29, 0.717) is 30.2 Å². The van der Waals surface area contributed by atoms with Crippen LogP contribution in [0.25, 0.3) is 10.2 Å². The fraction of sp³-hybridized carbons (Fsp3) is 0.355. The van der Waals surface area contributed by atoms with Crippen LogP contribution in [0.1, 0.15) is 33.5 Å². The van der Waals surface area contributed by atoms with E-state index in [1.165, 1.54) is 15.6 Å². The van der Waals surface area contributed by atoms with Gasteiger partial charge in [0.2, 0.25) is 0 Å². The number of aryl methyl sites for hydroxylation is 2. The van der Waals surface area contributed by atoms with Gasteiger partial charge in [-0.15, -0.1) is 0 Å². The van der Waals surface area contributed by atoms with Gasteiger partial charge in [-0.1, -0.05) is 35.6 Å². The first kappa shape index (κ1) is 27.8. The molecule has 3 heterocycles. The SMILES string of the molecule is Cc1cc(C)c2nc(N(CCCN3CCOCC3)C(=O)c3ccc(S(=O)(=O)N4CCc5ccccc54)cc3)sc2c1.